The Bertz CT molecular complexity index is 1080. The minimum absolute atomic E-state index is 0.155. The third-order valence-electron chi connectivity index (χ3n) is 7.44. The molecule has 198 valence electrons. The van der Waals surface area contributed by atoms with E-state index in [1.165, 1.54) is 0 Å². The van der Waals surface area contributed by atoms with E-state index in [-0.39, 0.29) is 17.7 Å². The van der Waals surface area contributed by atoms with Crippen LogP contribution in [0, 0.1) is 5.92 Å². The van der Waals surface area contributed by atoms with Crippen molar-refractivity contribution in [2.24, 2.45) is 5.92 Å². The van der Waals surface area contributed by atoms with E-state index in [9.17, 15) is 14.4 Å². The molecule has 3 amide bonds. The monoisotopic (exact) mass is 504 g/mol. The van der Waals surface area contributed by atoms with Crippen LogP contribution in [-0.2, 0) is 33.8 Å². The molecule has 1 aliphatic carbocycles. The Balaban J connectivity index is 1.64. The van der Waals surface area contributed by atoms with Gasteiger partial charge in [-0.1, -0.05) is 81.3 Å². The van der Waals surface area contributed by atoms with Crippen LogP contribution in [0.25, 0.3) is 0 Å². The number of carbonyl (C=O) groups excluding carboxylic acids is 3. The predicted octanol–water partition coefficient (Wildman–Crippen LogP) is 3.02. The van der Waals surface area contributed by atoms with Crippen LogP contribution in [0.1, 0.15) is 62.6 Å². The Hall–Kier alpha value is -3.19. The van der Waals surface area contributed by atoms with Crippen molar-refractivity contribution in [2.45, 2.75) is 83.0 Å². The number of carbonyl (C=O) groups is 3. The van der Waals surface area contributed by atoms with Gasteiger partial charge in [0.25, 0.3) is 0 Å². The molecule has 4 rings (SSSR count). The first kappa shape index (κ1) is 26.9. The zero-order chi connectivity index (χ0) is 26.3. The molecule has 1 aliphatic heterocycles. The first-order valence-electron chi connectivity index (χ1n) is 13.6. The summed E-state index contributed by atoms with van der Waals surface area (Å²) in [6.07, 6.45) is 4.60. The van der Waals surface area contributed by atoms with Crippen LogP contribution in [0.5, 0.6) is 0 Å². The van der Waals surface area contributed by atoms with Gasteiger partial charge in [-0.15, -0.1) is 0 Å². The van der Waals surface area contributed by atoms with E-state index in [4.69, 9.17) is 0 Å². The molecule has 2 atom stereocenters. The molecule has 1 spiro atoms. The number of benzene rings is 2. The topological polar surface area (TPSA) is 99.3 Å². The van der Waals surface area contributed by atoms with Gasteiger partial charge in [-0.05, 0) is 48.3 Å². The minimum Gasteiger partial charge on any atom is -0.354 e. The maximum atomic E-state index is 13.8. The predicted molar refractivity (Wildman–Crippen MR) is 145 cm³/mol. The minimum atomic E-state index is -1.000. The van der Waals surface area contributed by atoms with Gasteiger partial charge in [0.1, 0.15) is 11.6 Å². The quantitative estimate of drug-likeness (QED) is 0.514. The van der Waals surface area contributed by atoms with Gasteiger partial charge in [0.15, 0.2) is 0 Å². The van der Waals surface area contributed by atoms with E-state index in [1.807, 2.05) is 48.5 Å². The summed E-state index contributed by atoms with van der Waals surface area (Å²) in [6, 6.07) is 16.8. The molecule has 1 fully saturated rings. The lowest BCUT2D eigenvalue weighted by atomic mass is 9.93. The third-order valence-corrected chi connectivity index (χ3v) is 7.44. The normalized spacial score (nSPS) is 22.9. The molecule has 1 heterocycles. The molecule has 2 aromatic carbocycles. The molecule has 2 aromatic rings. The standard InChI is InChI=1S/C30H40N4O3/c1-21(2)17-25-28(36)34-30(14-6-7-15-30)29(37)33-26(19-22-9-4-3-5-10-22)27(35)31-16-13-23-11-8-12-24(18-23)20-32-25/h3-5,8-12,18,21,25-26,32H,6-7,13-17,19-20H2,1-2H3,(H,31,35)(H,33,37)(H,34,36)/t25-,26-/m0/s1. The summed E-state index contributed by atoms with van der Waals surface area (Å²) in [5.41, 5.74) is 2.17. The highest BCUT2D eigenvalue weighted by atomic mass is 16.2. The summed E-state index contributed by atoms with van der Waals surface area (Å²) in [6.45, 7) is 5.23. The summed E-state index contributed by atoms with van der Waals surface area (Å²) in [5.74, 6) is -0.320. The summed E-state index contributed by atoms with van der Waals surface area (Å²) >= 11 is 0. The van der Waals surface area contributed by atoms with Crippen LogP contribution >= 0.6 is 0 Å². The first-order chi connectivity index (χ1) is 17.8. The van der Waals surface area contributed by atoms with E-state index in [1.54, 1.807) is 0 Å². The molecule has 0 radical (unpaired) electrons. The zero-order valence-corrected chi connectivity index (χ0v) is 22.0. The Morgan fingerprint density at radius 2 is 1.62 bits per heavy atom. The fourth-order valence-electron chi connectivity index (χ4n) is 5.41. The van der Waals surface area contributed by atoms with Crippen molar-refractivity contribution in [3.8, 4) is 0 Å². The molecule has 1 saturated carbocycles. The SMILES string of the molecule is CC(C)C[C@@H]1NCc2cccc(c2)CCNC(=O)[C@H](Cc2ccccc2)NC(=O)C2(CCCC2)NC1=O. The van der Waals surface area contributed by atoms with Crippen LogP contribution in [0.3, 0.4) is 0 Å². The van der Waals surface area contributed by atoms with Crippen LogP contribution in [0.15, 0.2) is 54.6 Å². The molecule has 0 unspecified atom stereocenters. The summed E-state index contributed by atoms with van der Waals surface area (Å²) in [4.78, 5) is 40.6. The van der Waals surface area contributed by atoms with Gasteiger partial charge < -0.3 is 21.3 Å². The van der Waals surface area contributed by atoms with Crippen molar-refractivity contribution >= 4 is 17.7 Å². The van der Waals surface area contributed by atoms with E-state index in [2.05, 4.69) is 41.2 Å². The number of hydrogen-bond donors (Lipinski definition) is 4. The maximum absolute atomic E-state index is 13.8. The molecular weight excluding hydrogens is 464 g/mol. The van der Waals surface area contributed by atoms with Crippen molar-refractivity contribution in [2.75, 3.05) is 6.54 Å². The van der Waals surface area contributed by atoms with Crippen molar-refractivity contribution in [1.29, 1.82) is 0 Å². The van der Waals surface area contributed by atoms with Gasteiger partial charge in [-0.2, -0.15) is 0 Å². The Morgan fingerprint density at radius 3 is 2.35 bits per heavy atom. The lowest BCUT2D eigenvalue weighted by Gasteiger charge is -2.33. The van der Waals surface area contributed by atoms with E-state index < -0.39 is 17.6 Å². The highest BCUT2D eigenvalue weighted by Crippen LogP contribution is 2.30. The molecule has 37 heavy (non-hydrogen) atoms. The molecule has 2 aliphatic rings. The fourth-order valence-corrected chi connectivity index (χ4v) is 5.41. The van der Waals surface area contributed by atoms with E-state index in [0.29, 0.717) is 51.1 Å². The van der Waals surface area contributed by atoms with Crippen LogP contribution in [0.4, 0.5) is 0 Å². The molecule has 4 N–H and O–H groups in total. The Morgan fingerprint density at radius 1 is 0.892 bits per heavy atom. The van der Waals surface area contributed by atoms with Crippen LogP contribution < -0.4 is 21.3 Å². The summed E-state index contributed by atoms with van der Waals surface area (Å²) < 4.78 is 0. The highest BCUT2D eigenvalue weighted by molar-refractivity contribution is 5.96. The number of hydrogen-bond acceptors (Lipinski definition) is 4. The molecule has 7 heteroatoms. The van der Waals surface area contributed by atoms with Gasteiger partial charge >= 0.3 is 0 Å². The lowest BCUT2D eigenvalue weighted by molar-refractivity contribution is -0.136. The van der Waals surface area contributed by atoms with Crippen molar-refractivity contribution in [3.63, 3.8) is 0 Å². The second kappa shape index (κ2) is 12.4. The summed E-state index contributed by atoms with van der Waals surface area (Å²) in [7, 11) is 0. The van der Waals surface area contributed by atoms with Gasteiger partial charge in [0, 0.05) is 19.5 Å². The van der Waals surface area contributed by atoms with Gasteiger partial charge in [0.2, 0.25) is 17.7 Å². The molecule has 7 nitrogen and oxygen atoms in total. The number of amides is 3. The zero-order valence-electron chi connectivity index (χ0n) is 22.0. The molecule has 2 bridgehead atoms. The number of fused-ring (bicyclic) bond motifs is 2. The molecule has 0 aromatic heterocycles. The number of rotatable bonds is 4. The Kier molecular flexibility index (Phi) is 8.98. The molecule has 0 saturated heterocycles. The second-order valence-electron chi connectivity index (χ2n) is 10.9. The van der Waals surface area contributed by atoms with Crippen molar-refractivity contribution in [3.05, 3.63) is 71.3 Å². The third kappa shape index (κ3) is 7.19. The summed E-state index contributed by atoms with van der Waals surface area (Å²) in [5, 5.41) is 12.6. The van der Waals surface area contributed by atoms with Crippen molar-refractivity contribution in [1.82, 2.24) is 21.3 Å². The smallest absolute Gasteiger partial charge is 0.246 e. The average Bonchev–Trinajstić information content (AvgIpc) is 3.36. The fraction of sp³-hybridized carbons (Fsp3) is 0.500. The number of nitrogens with one attached hydrogen (secondary N) is 4. The van der Waals surface area contributed by atoms with Crippen molar-refractivity contribution < 1.29 is 14.4 Å². The Labute approximate surface area is 220 Å². The van der Waals surface area contributed by atoms with Crippen LogP contribution in [0.2, 0.25) is 0 Å². The average molecular weight is 505 g/mol. The van der Waals surface area contributed by atoms with Gasteiger partial charge in [-0.3, -0.25) is 14.4 Å². The van der Waals surface area contributed by atoms with Crippen LogP contribution in [-0.4, -0.2) is 41.9 Å². The maximum Gasteiger partial charge on any atom is 0.246 e. The first-order valence-corrected chi connectivity index (χ1v) is 13.6. The largest absolute Gasteiger partial charge is 0.354 e. The van der Waals surface area contributed by atoms with E-state index in [0.717, 1.165) is 29.5 Å². The lowest BCUT2D eigenvalue weighted by Crippen LogP contribution is -2.63. The molecular formula is C30H40N4O3. The second-order valence-corrected chi connectivity index (χ2v) is 10.9. The van der Waals surface area contributed by atoms with Gasteiger partial charge in [-0.25, -0.2) is 0 Å². The van der Waals surface area contributed by atoms with E-state index >= 15 is 0 Å². The van der Waals surface area contributed by atoms with Gasteiger partial charge in [0.05, 0.1) is 6.04 Å². The highest BCUT2D eigenvalue weighted by Gasteiger charge is 2.44.